The summed E-state index contributed by atoms with van der Waals surface area (Å²) in [5, 5.41) is 15.2. The van der Waals surface area contributed by atoms with Crippen LogP contribution < -0.4 is 15.8 Å². The minimum atomic E-state index is -4.94. The van der Waals surface area contributed by atoms with Gasteiger partial charge in [-0.25, -0.2) is 22.5 Å². The van der Waals surface area contributed by atoms with Gasteiger partial charge in [0.25, 0.3) is 5.56 Å². The highest BCUT2D eigenvalue weighted by Gasteiger charge is 2.51. The van der Waals surface area contributed by atoms with E-state index in [1.54, 1.807) is 13.0 Å². The molecule has 1 N–H and O–H groups in total. The number of ether oxygens (including phenoxy) is 1. The van der Waals surface area contributed by atoms with Gasteiger partial charge >= 0.3 is 12.3 Å². The first-order valence-electron chi connectivity index (χ1n) is 14.4. The van der Waals surface area contributed by atoms with Crippen LogP contribution in [0, 0.1) is 24.2 Å². The maximum atomic E-state index is 13.8. The SMILES string of the molecule is Cc1cc(N2C[C@H](S(=O)(=O)c3ccccc3C(F)(F)F)C[C@H]2C(=O)NC2(C#N)CC2)n(-c2ccn(C(=O)OCC(C)C)c(=O)c2)n1. The lowest BCUT2D eigenvalue weighted by molar-refractivity contribution is -0.139. The van der Waals surface area contributed by atoms with Crippen molar-refractivity contribution in [2.24, 2.45) is 5.92 Å². The molecular formula is C30H31F3N6O6S. The van der Waals surface area contributed by atoms with Crippen LogP contribution >= 0.6 is 0 Å². The topological polar surface area (TPSA) is 156 Å². The molecule has 1 saturated heterocycles. The van der Waals surface area contributed by atoms with Crippen LogP contribution in [-0.2, 0) is 25.5 Å². The summed E-state index contributed by atoms with van der Waals surface area (Å²) in [5.41, 5.74) is -2.57. The van der Waals surface area contributed by atoms with Gasteiger partial charge in [0.15, 0.2) is 9.84 Å². The molecule has 0 bridgehead atoms. The fourth-order valence-electron chi connectivity index (χ4n) is 5.30. The number of nitrogens with one attached hydrogen (secondary N) is 1. The monoisotopic (exact) mass is 660 g/mol. The molecule has 12 nitrogen and oxygen atoms in total. The average Bonchev–Trinajstić information content (AvgIpc) is 3.43. The molecule has 0 radical (unpaired) electrons. The van der Waals surface area contributed by atoms with Crippen LogP contribution in [0.1, 0.15) is 44.4 Å². The van der Waals surface area contributed by atoms with Crippen LogP contribution in [0.25, 0.3) is 5.69 Å². The number of benzene rings is 1. The molecule has 2 fully saturated rings. The van der Waals surface area contributed by atoms with Crippen LogP contribution in [0.5, 0.6) is 0 Å². The van der Waals surface area contributed by atoms with Gasteiger partial charge in [-0.1, -0.05) is 26.0 Å². The fourth-order valence-corrected chi connectivity index (χ4v) is 7.21. The number of sulfone groups is 1. The second-order valence-electron chi connectivity index (χ2n) is 11.9. The number of aromatic nitrogens is 3. The highest BCUT2D eigenvalue weighted by atomic mass is 32.2. The molecule has 2 aromatic heterocycles. The van der Waals surface area contributed by atoms with Crippen LogP contribution in [0.3, 0.4) is 0 Å². The Labute approximate surface area is 262 Å². The minimum Gasteiger partial charge on any atom is -0.449 e. The van der Waals surface area contributed by atoms with E-state index in [0.29, 0.717) is 24.6 Å². The molecule has 46 heavy (non-hydrogen) atoms. The summed E-state index contributed by atoms with van der Waals surface area (Å²) >= 11 is 0. The summed E-state index contributed by atoms with van der Waals surface area (Å²) in [5.74, 6) is -0.452. The molecule has 3 heterocycles. The molecule has 244 valence electrons. The van der Waals surface area contributed by atoms with Gasteiger partial charge in [-0.2, -0.15) is 23.5 Å². The predicted octanol–water partition coefficient (Wildman–Crippen LogP) is 3.60. The van der Waals surface area contributed by atoms with Crippen LogP contribution in [0.2, 0.25) is 0 Å². The quantitative estimate of drug-likeness (QED) is 0.382. The number of rotatable bonds is 8. The van der Waals surface area contributed by atoms with Crippen molar-refractivity contribution in [1.29, 1.82) is 5.26 Å². The second-order valence-corrected chi connectivity index (χ2v) is 14.1. The van der Waals surface area contributed by atoms with E-state index in [1.165, 1.54) is 27.9 Å². The molecule has 1 amide bonds. The number of carbonyl (C=O) groups is 2. The van der Waals surface area contributed by atoms with Crippen molar-refractivity contribution in [3.8, 4) is 11.8 Å². The number of hydrogen-bond acceptors (Lipinski definition) is 9. The van der Waals surface area contributed by atoms with Crippen molar-refractivity contribution in [3.05, 3.63) is 70.3 Å². The summed E-state index contributed by atoms with van der Waals surface area (Å²) in [4.78, 5) is 39.4. The summed E-state index contributed by atoms with van der Waals surface area (Å²) in [6, 6.07) is 8.75. The molecule has 16 heteroatoms. The number of halogens is 3. The number of alkyl halides is 3. The van der Waals surface area contributed by atoms with E-state index in [0.717, 1.165) is 22.8 Å². The van der Waals surface area contributed by atoms with Crippen LogP contribution in [0.15, 0.2) is 58.4 Å². The number of nitriles is 1. The molecule has 3 aromatic rings. The first-order chi connectivity index (χ1) is 21.6. The fraction of sp³-hybridized carbons (Fsp3) is 0.433. The van der Waals surface area contributed by atoms with Gasteiger partial charge in [-0.3, -0.25) is 9.59 Å². The van der Waals surface area contributed by atoms with Gasteiger partial charge in [0, 0.05) is 24.9 Å². The number of nitrogens with zero attached hydrogens (tertiary/aromatic N) is 5. The number of amides is 1. The summed E-state index contributed by atoms with van der Waals surface area (Å²) < 4.78 is 76.3. The lowest BCUT2D eigenvalue weighted by atomic mass is 10.1. The number of aryl methyl sites for hydroxylation is 1. The number of anilines is 1. The largest absolute Gasteiger partial charge is 0.449 e. The maximum Gasteiger partial charge on any atom is 0.420 e. The Kier molecular flexibility index (Phi) is 8.49. The molecule has 1 aromatic carbocycles. The van der Waals surface area contributed by atoms with Gasteiger partial charge in [0.2, 0.25) is 5.91 Å². The lowest BCUT2D eigenvalue weighted by Gasteiger charge is -2.27. The Balaban J connectivity index is 1.54. The molecule has 2 atom stereocenters. The van der Waals surface area contributed by atoms with E-state index in [1.807, 2.05) is 19.9 Å². The zero-order chi connectivity index (χ0) is 33.6. The van der Waals surface area contributed by atoms with Gasteiger partial charge in [-0.05, 0) is 50.3 Å². The van der Waals surface area contributed by atoms with E-state index in [9.17, 15) is 41.2 Å². The van der Waals surface area contributed by atoms with Crippen molar-refractivity contribution in [2.75, 3.05) is 18.1 Å². The zero-order valence-electron chi connectivity index (χ0n) is 25.1. The van der Waals surface area contributed by atoms with Gasteiger partial charge < -0.3 is 15.0 Å². The second kappa shape index (κ2) is 11.9. The summed E-state index contributed by atoms with van der Waals surface area (Å²) in [6.45, 7) is 5.00. The molecule has 1 aliphatic heterocycles. The normalized spacial score (nSPS) is 19.1. The Morgan fingerprint density at radius 2 is 1.89 bits per heavy atom. The van der Waals surface area contributed by atoms with E-state index in [2.05, 4.69) is 10.4 Å². The zero-order valence-corrected chi connectivity index (χ0v) is 25.9. The Hall–Kier alpha value is -4.65. The maximum absolute atomic E-state index is 13.8. The van der Waals surface area contributed by atoms with E-state index >= 15 is 0 Å². The molecule has 5 rings (SSSR count). The summed E-state index contributed by atoms with van der Waals surface area (Å²) in [6.07, 6.45) is -4.21. The molecular weight excluding hydrogens is 629 g/mol. The van der Waals surface area contributed by atoms with Crippen LogP contribution in [0.4, 0.5) is 23.8 Å². The molecule has 0 unspecified atom stereocenters. The average molecular weight is 661 g/mol. The predicted molar refractivity (Wildman–Crippen MR) is 158 cm³/mol. The third-order valence-electron chi connectivity index (χ3n) is 7.82. The van der Waals surface area contributed by atoms with Gasteiger partial charge in [0.05, 0.1) is 39.8 Å². The highest BCUT2D eigenvalue weighted by molar-refractivity contribution is 7.92. The Morgan fingerprint density at radius 1 is 1.20 bits per heavy atom. The third kappa shape index (κ3) is 6.37. The summed E-state index contributed by atoms with van der Waals surface area (Å²) in [7, 11) is -4.64. The smallest absolute Gasteiger partial charge is 0.420 e. The van der Waals surface area contributed by atoms with E-state index in [4.69, 9.17) is 4.74 Å². The lowest BCUT2D eigenvalue weighted by Crippen LogP contribution is -2.48. The third-order valence-corrected chi connectivity index (χ3v) is 10.0. The molecule has 1 saturated carbocycles. The Bertz CT molecular complexity index is 1890. The van der Waals surface area contributed by atoms with Crippen molar-refractivity contribution in [3.63, 3.8) is 0 Å². The van der Waals surface area contributed by atoms with Crippen molar-refractivity contribution in [1.82, 2.24) is 19.7 Å². The van der Waals surface area contributed by atoms with E-state index in [-0.39, 0.29) is 30.5 Å². The Morgan fingerprint density at radius 3 is 2.50 bits per heavy atom. The highest BCUT2D eigenvalue weighted by Crippen LogP contribution is 2.40. The van der Waals surface area contributed by atoms with E-state index < -0.39 is 67.4 Å². The first kappa shape index (κ1) is 32.7. The number of carbonyl (C=O) groups excluding carboxylic acids is 2. The van der Waals surface area contributed by atoms with Gasteiger partial charge in [-0.15, -0.1) is 0 Å². The minimum absolute atomic E-state index is 0.0386. The van der Waals surface area contributed by atoms with Crippen LogP contribution in [-0.4, -0.2) is 64.7 Å². The number of hydrogen-bond donors (Lipinski definition) is 1. The van der Waals surface area contributed by atoms with Crippen molar-refractivity contribution < 1.29 is 35.9 Å². The number of pyridine rings is 1. The van der Waals surface area contributed by atoms with Crippen molar-refractivity contribution >= 4 is 27.7 Å². The molecule has 2 aliphatic rings. The van der Waals surface area contributed by atoms with Crippen molar-refractivity contribution in [2.45, 2.75) is 67.9 Å². The van der Waals surface area contributed by atoms with Gasteiger partial charge in [0.1, 0.15) is 17.4 Å². The molecule has 1 aliphatic carbocycles. The standard InChI is InChI=1S/C30H31F3N6O6S/c1-18(2)16-45-28(42)37-11-8-20(13-26(37)40)39-25(12-19(3)36-39)38-15-21(14-23(38)27(41)35-29(17-34)9-10-29)46(43,44)24-7-5-4-6-22(24)30(31,32)33/h4-8,11-13,18,21,23H,9-10,14-16H2,1-3H3,(H,35,41)/t21-,23+/m1/s1. The molecule has 0 spiro atoms. The first-order valence-corrected chi connectivity index (χ1v) is 16.0.